The van der Waals surface area contributed by atoms with Gasteiger partial charge in [-0.3, -0.25) is 9.36 Å². The number of fused-ring (bicyclic) bond motifs is 3. The van der Waals surface area contributed by atoms with E-state index < -0.39 is 0 Å². The molecule has 0 bridgehead atoms. The van der Waals surface area contributed by atoms with Gasteiger partial charge in [0.25, 0.3) is 5.56 Å². The Bertz CT molecular complexity index is 893. The summed E-state index contributed by atoms with van der Waals surface area (Å²) in [5.41, 5.74) is 2.14. The molecule has 0 unspecified atom stereocenters. The first kappa shape index (κ1) is 16.5. The van der Waals surface area contributed by atoms with E-state index in [4.69, 9.17) is 4.74 Å². The number of H-pyrrole nitrogens is 1. The molecular formula is C18H24N4O2. The minimum absolute atomic E-state index is 0.0266. The van der Waals surface area contributed by atoms with Gasteiger partial charge in [-0.15, -0.1) is 0 Å². The molecule has 0 radical (unpaired) electrons. The number of likely N-dealkylation sites (N-methyl/N-ethyl adjacent to an activating group) is 1. The van der Waals surface area contributed by atoms with E-state index >= 15 is 0 Å². The minimum atomic E-state index is -0.0266. The molecule has 0 aliphatic carbocycles. The molecule has 0 saturated heterocycles. The van der Waals surface area contributed by atoms with E-state index in [9.17, 15) is 4.79 Å². The molecule has 3 rings (SSSR count). The van der Waals surface area contributed by atoms with Gasteiger partial charge in [0.15, 0.2) is 0 Å². The van der Waals surface area contributed by atoms with E-state index in [0.29, 0.717) is 24.2 Å². The van der Waals surface area contributed by atoms with Crippen LogP contribution in [0.1, 0.15) is 20.8 Å². The Morgan fingerprint density at radius 2 is 2.04 bits per heavy atom. The van der Waals surface area contributed by atoms with Crippen LogP contribution >= 0.6 is 0 Å². The summed E-state index contributed by atoms with van der Waals surface area (Å²) >= 11 is 0. The first-order valence-electron chi connectivity index (χ1n) is 8.53. The van der Waals surface area contributed by atoms with Crippen LogP contribution in [0.15, 0.2) is 29.3 Å². The molecule has 0 fully saturated rings. The zero-order valence-corrected chi connectivity index (χ0v) is 14.5. The van der Waals surface area contributed by atoms with Crippen LogP contribution in [0.5, 0.6) is 5.75 Å². The zero-order chi connectivity index (χ0) is 17.1. The molecule has 0 amide bonds. The summed E-state index contributed by atoms with van der Waals surface area (Å²) < 4.78 is 7.23. The molecule has 128 valence electrons. The molecule has 0 spiro atoms. The number of nitrogens with zero attached hydrogens (tertiary/aromatic N) is 3. The highest BCUT2D eigenvalue weighted by Gasteiger charge is 2.12. The van der Waals surface area contributed by atoms with Crippen LogP contribution in [0.3, 0.4) is 0 Å². The lowest BCUT2D eigenvalue weighted by Crippen LogP contribution is -2.31. The molecule has 24 heavy (non-hydrogen) atoms. The van der Waals surface area contributed by atoms with Crippen molar-refractivity contribution in [2.24, 2.45) is 0 Å². The summed E-state index contributed by atoms with van der Waals surface area (Å²) in [5, 5.41) is 0.920. The molecule has 0 saturated carbocycles. The van der Waals surface area contributed by atoms with Gasteiger partial charge in [0, 0.05) is 24.0 Å². The summed E-state index contributed by atoms with van der Waals surface area (Å²) in [4.78, 5) is 22.8. The Balaban J connectivity index is 1.99. The minimum Gasteiger partial charge on any atom is -0.494 e. The van der Waals surface area contributed by atoms with E-state index in [1.165, 1.54) is 0 Å². The van der Waals surface area contributed by atoms with Gasteiger partial charge in [0.1, 0.15) is 16.8 Å². The number of nitrogens with one attached hydrogen (secondary N) is 1. The van der Waals surface area contributed by atoms with E-state index in [2.05, 4.69) is 28.7 Å². The quantitative estimate of drug-likeness (QED) is 0.724. The van der Waals surface area contributed by atoms with Crippen LogP contribution in [0.4, 0.5) is 0 Å². The van der Waals surface area contributed by atoms with Gasteiger partial charge >= 0.3 is 0 Å². The fourth-order valence-electron chi connectivity index (χ4n) is 2.97. The second kappa shape index (κ2) is 7.05. The van der Waals surface area contributed by atoms with E-state index in [0.717, 1.165) is 36.3 Å². The number of hydrogen-bond donors (Lipinski definition) is 1. The normalized spacial score (nSPS) is 11.7. The van der Waals surface area contributed by atoms with Gasteiger partial charge in [0.2, 0.25) is 0 Å². The lowest BCUT2D eigenvalue weighted by Gasteiger charge is -2.18. The maximum Gasteiger partial charge on any atom is 0.277 e. The number of hydrogen-bond acceptors (Lipinski definition) is 4. The number of rotatable bonds is 7. The number of aromatic nitrogens is 3. The third-order valence-corrected chi connectivity index (χ3v) is 4.41. The molecule has 0 atom stereocenters. The second-order valence-electron chi connectivity index (χ2n) is 5.76. The van der Waals surface area contributed by atoms with Crippen LogP contribution in [0.2, 0.25) is 0 Å². The van der Waals surface area contributed by atoms with Crippen molar-refractivity contribution in [3.8, 4) is 5.75 Å². The average molecular weight is 328 g/mol. The van der Waals surface area contributed by atoms with Crippen LogP contribution in [0, 0.1) is 0 Å². The SMILES string of the molecule is CCOc1ccc2[nH]c3c(=O)n(CCN(CC)CC)cnc3c2c1. The summed E-state index contributed by atoms with van der Waals surface area (Å²) in [7, 11) is 0. The van der Waals surface area contributed by atoms with Crippen molar-refractivity contribution in [1.29, 1.82) is 0 Å². The molecule has 1 aromatic carbocycles. The van der Waals surface area contributed by atoms with Crippen molar-refractivity contribution in [1.82, 2.24) is 19.4 Å². The first-order chi connectivity index (χ1) is 11.7. The molecule has 2 heterocycles. The highest BCUT2D eigenvalue weighted by atomic mass is 16.5. The largest absolute Gasteiger partial charge is 0.494 e. The maximum atomic E-state index is 12.7. The second-order valence-corrected chi connectivity index (χ2v) is 5.76. The van der Waals surface area contributed by atoms with Crippen molar-refractivity contribution in [3.05, 3.63) is 34.9 Å². The van der Waals surface area contributed by atoms with Gasteiger partial charge in [-0.05, 0) is 38.2 Å². The van der Waals surface area contributed by atoms with Crippen LogP contribution in [-0.4, -0.2) is 45.7 Å². The zero-order valence-electron chi connectivity index (χ0n) is 14.5. The van der Waals surface area contributed by atoms with Crippen molar-refractivity contribution in [2.45, 2.75) is 27.3 Å². The van der Waals surface area contributed by atoms with Gasteiger partial charge in [-0.1, -0.05) is 13.8 Å². The molecule has 1 N–H and O–H groups in total. The highest BCUT2D eigenvalue weighted by Crippen LogP contribution is 2.25. The monoisotopic (exact) mass is 328 g/mol. The molecule has 6 nitrogen and oxygen atoms in total. The first-order valence-corrected chi connectivity index (χ1v) is 8.53. The van der Waals surface area contributed by atoms with Crippen molar-refractivity contribution < 1.29 is 4.74 Å². The van der Waals surface area contributed by atoms with E-state index in [-0.39, 0.29) is 5.56 Å². The fraction of sp³-hybridized carbons (Fsp3) is 0.444. The molecule has 2 aromatic heterocycles. The summed E-state index contributed by atoms with van der Waals surface area (Å²) in [6.45, 7) is 10.3. The Morgan fingerprint density at radius 3 is 2.75 bits per heavy atom. The standard InChI is InChI=1S/C18H24N4O2/c1-4-21(5-2)9-10-22-12-19-16-14-11-13(24-6-3)7-8-15(14)20-17(16)18(22)23/h7-8,11-12,20H,4-6,9-10H2,1-3H3. The van der Waals surface area contributed by atoms with E-state index in [1.807, 2.05) is 25.1 Å². The van der Waals surface area contributed by atoms with Gasteiger partial charge in [-0.2, -0.15) is 0 Å². The molecule has 0 aliphatic heterocycles. The van der Waals surface area contributed by atoms with Crippen LogP contribution < -0.4 is 10.3 Å². The third kappa shape index (κ3) is 3.01. The van der Waals surface area contributed by atoms with Crippen molar-refractivity contribution in [3.63, 3.8) is 0 Å². The predicted octanol–water partition coefficient (Wildman–Crippen LogP) is 2.62. The van der Waals surface area contributed by atoms with Crippen LogP contribution in [0.25, 0.3) is 21.9 Å². The topological polar surface area (TPSA) is 63.2 Å². The smallest absolute Gasteiger partial charge is 0.277 e. The Morgan fingerprint density at radius 1 is 1.25 bits per heavy atom. The number of aromatic amines is 1. The number of benzene rings is 1. The third-order valence-electron chi connectivity index (χ3n) is 4.41. The maximum absolute atomic E-state index is 12.7. The summed E-state index contributed by atoms with van der Waals surface area (Å²) in [5.74, 6) is 0.790. The number of ether oxygens (including phenoxy) is 1. The van der Waals surface area contributed by atoms with Crippen molar-refractivity contribution >= 4 is 21.9 Å². The molecule has 3 aromatic rings. The van der Waals surface area contributed by atoms with Crippen molar-refractivity contribution in [2.75, 3.05) is 26.2 Å². The lowest BCUT2D eigenvalue weighted by molar-refractivity contribution is 0.289. The Kier molecular flexibility index (Phi) is 4.85. The van der Waals surface area contributed by atoms with Gasteiger partial charge in [-0.25, -0.2) is 4.98 Å². The predicted molar refractivity (Wildman–Crippen MR) is 96.8 cm³/mol. The van der Waals surface area contributed by atoms with Gasteiger partial charge in [0.05, 0.1) is 12.9 Å². The summed E-state index contributed by atoms with van der Waals surface area (Å²) in [6.07, 6.45) is 1.65. The average Bonchev–Trinajstić information content (AvgIpc) is 2.97. The fourth-order valence-corrected chi connectivity index (χ4v) is 2.97. The van der Waals surface area contributed by atoms with Crippen LogP contribution in [-0.2, 0) is 6.54 Å². The highest BCUT2D eigenvalue weighted by molar-refractivity contribution is 6.04. The molecule has 6 heteroatoms. The lowest BCUT2D eigenvalue weighted by atomic mass is 10.2. The Labute approximate surface area is 141 Å². The molecular weight excluding hydrogens is 304 g/mol. The van der Waals surface area contributed by atoms with E-state index in [1.54, 1.807) is 10.9 Å². The molecule has 0 aliphatic rings. The summed E-state index contributed by atoms with van der Waals surface area (Å²) in [6, 6.07) is 5.77. The Hall–Kier alpha value is -2.34. The van der Waals surface area contributed by atoms with Gasteiger partial charge < -0.3 is 14.6 Å².